The molecular weight excluding hydrogens is 478 g/mol. The van der Waals surface area contributed by atoms with Gasteiger partial charge in [0.25, 0.3) is 5.91 Å². The van der Waals surface area contributed by atoms with Crippen LogP contribution in [0.4, 0.5) is 5.69 Å². The summed E-state index contributed by atoms with van der Waals surface area (Å²) in [6.07, 6.45) is 0. The maximum absolute atomic E-state index is 12.7. The van der Waals surface area contributed by atoms with Crippen molar-refractivity contribution in [1.29, 1.82) is 5.26 Å². The Bertz CT molecular complexity index is 1310. The van der Waals surface area contributed by atoms with Gasteiger partial charge in [0.2, 0.25) is 10.0 Å². The van der Waals surface area contributed by atoms with Crippen molar-refractivity contribution in [2.75, 3.05) is 18.1 Å². The van der Waals surface area contributed by atoms with Crippen molar-refractivity contribution >= 4 is 39.2 Å². The number of hydrogen-bond donors (Lipinski definition) is 1. The summed E-state index contributed by atoms with van der Waals surface area (Å²) in [5.74, 6) is -1.51. The zero-order valence-electron chi connectivity index (χ0n) is 17.8. The minimum atomic E-state index is -4.03. The zero-order chi connectivity index (χ0) is 24.6. The third-order valence-electron chi connectivity index (χ3n) is 4.69. The van der Waals surface area contributed by atoms with E-state index in [-0.39, 0.29) is 28.6 Å². The minimum Gasteiger partial charge on any atom is -0.452 e. The van der Waals surface area contributed by atoms with Crippen molar-refractivity contribution in [3.05, 3.63) is 95.0 Å². The number of nitrogens with one attached hydrogen (secondary N) is 1. The maximum Gasteiger partial charge on any atom is 0.338 e. The fourth-order valence-corrected chi connectivity index (χ4v) is 4.52. The number of nitrogens with zero attached hydrogens (tertiary/aromatic N) is 2. The van der Waals surface area contributed by atoms with E-state index in [1.807, 2.05) is 12.1 Å². The molecule has 0 bridgehead atoms. The number of ether oxygens (including phenoxy) is 1. The van der Waals surface area contributed by atoms with Gasteiger partial charge in [0, 0.05) is 12.2 Å². The van der Waals surface area contributed by atoms with E-state index in [1.165, 1.54) is 17.0 Å². The highest BCUT2D eigenvalue weighted by Crippen LogP contribution is 2.23. The summed E-state index contributed by atoms with van der Waals surface area (Å²) in [5, 5.41) is 8.95. The SMILES string of the molecule is N#CCN(C(=O)COC(=O)c1ccc(Cl)c(S(=O)(=O)NCc2ccccc2)c1)c1ccccc1. The van der Waals surface area contributed by atoms with Gasteiger partial charge >= 0.3 is 5.97 Å². The number of halogens is 1. The fraction of sp³-hybridized carbons (Fsp3) is 0.125. The largest absolute Gasteiger partial charge is 0.452 e. The van der Waals surface area contributed by atoms with E-state index in [0.717, 1.165) is 11.6 Å². The molecule has 0 radical (unpaired) electrons. The molecule has 0 aliphatic rings. The van der Waals surface area contributed by atoms with E-state index in [9.17, 15) is 18.0 Å². The monoisotopic (exact) mass is 497 g/mol. The van der Waals surface area contributed by atoms with Crippen LogP contribution >= 0.6 is 11.6 Å². The van der Waals surface area contributed by atoms with Crippen LogP contribution < -0.4 is 9.62 Å². The number of rotatable bonds is 9. The van der Waals surface area contributed by atoms with Gasteiger partial charge in [-0.1, -0.05) is 60.1 Å². The Morgan fingerprint density at radius 1 is 1.00 bits per heavy atom. The lowest BCUT2D eigenvalue weighted by Gasteiger charge is -2.19. The van der Waals surface area contributed by atoms with E-state index >= 15 is 0 Å². The second kappa shape index (κ2) is 11.4. The number of amides is 1. The maximum atomic E-state index is 12.7. The van der Waals surface area contributed by atoms with Crippen LogP contribution in [0.2, 0.25) is 5.02 Å². The third kappa shape index (κ3) is 6.42. The highest BCUT2D eigenvalue weighted by Gasteiger charge is 2.22. The van der Waals surface area contributed by atoms with Gasteiger partial charge in [-0.05, 0) is 35.9 Å². The molecule has 1 amide bonds. The van der Waals surface area contributed by atoms with Gasteiger partial charge in [0.15, 0.2) is 6.61 Å². The Kier molecular flexibility index (Phi) is 8.38. The predicted molar refractivity (Wildman–Crippen MR) is 127 cm³/mol. The second-order valence-electron chi connectivity index (χ2n) is 7.01. The first-order valence-corrected chi connectivity index (χ1v) is 11.9. The topological polar surface area (TPSA) is 117 Å². The molecule has 34 heavy (non-hydrogen) atoms. The zero-order valence-corrected chi connectivity index (χ0v) is 19.4. The number of nitriles is 1. The Morgan fingerprint density at radius 3 is 2.29 bits per heavy atom. The van der Waals surface area contributed by atoms with E-state index in [0.29, 0.717) is 5.69 Å². The van der Waals surface area contributed by atoms with Gasteiger partial charge in [-0.3, -0.25) is 9.69 Å². The van der Waals surface area contributed by atoms with Crippen LogP contribution in [0.25, 0.3) is 0 Å². The number of para-hydroxylation sites is 1. The standard InChI is InChI=1S/C24H20ClN3O5S/c25-21-12-11-19(15-22(21)34(31,32)27-16-18-7-3-1-4-8-18)24(30)33-17-23(29)28(14-13-26)20-9-5-2-6-10-20/h1-12,15,27H,14,16-17H2. The van der Waals surface area contributed by atoms with Gasteiger partial charge in [0.1, 0.15) is 11.4 Å². The molecule has 1 N–H and O–H groups in total. The van der Waals surface area contributed by atoms with Crippen LogP contribution in [0, 0.1) is 11.3 Å². The minimum absolute atomic E-state index is 0.0386. The Labute approximate surface area is 202 Å². The summed E-state index contributed by atoms with van der Waals surface area (Å²) in [6.45, 7) is -0.819. The van der Waals surface area contributed by atoms with Crippen LogP contribution in [0.15, 0.2) is 83.8 Å². The number of sulfonamides is 1. The molecule has 0 heterocycles. The molecular formula is C24H20ClN3O5S. The molecule has 8 nitrogen and oxygen atoms in total. The first-order valence-electron chi connectivity index (χ1n) is 10.0. The summed E-state index contributed by atoms with van der Waals surface area (Å²) in [6, 6.07) is 22.9. The van der Waals surface area contributed by atoms with Crippen molar-refractivity contribution < 1.29 is 22.7 Å². The summed E-state index contributed by atoms with van der Waals surface area (Å²) in [7, 11) is -4.03. The van der Waals surface area contributed by atoms with E-state index in [4.69, 9.17) is 21.6 Å². The summed E-state index contributed by atoms with van der Waals surface area (Å²) in [5.41, 5.74) is 1.13. The highest BCUT2D eigenvalue weighted by molar-refractivity contribution is 7.89. The molecule has 0 unspecified atom stereocenters. The molecule has 0 saturated heterocycles. The highest BCUT2D eigenvalue weighted by atomic mass is 35.5. The Hall–Kier alpha value is -3.71. The van der Waals surface area contributed by atoms with Crippen LogP contribution in [-0.4, -0.2) is 33.4 Å². The normalized spacial score (nSPS) is 10.8. The van der Waals surface area contributed by atoms with Crippen LogP contribution in [0.5, 0.6) is 0 Å². The van der Waals surface area contributed by atoms with E-state index < -0.39 is 28.5 Å². The molecule has 0 fully saturated rings. The molecule has 3 rings (SSSR count). The molecule has 0 aliphatic heterocycles. The molecule has 3 aromatic carbocycles. The molecule has 3 aromatic rings. The summed E-state index contributed by atoms with van der Waals surface area (Å²) >= 11 is 6.08. The number of anilines is 1. The average molecular weight is 498 g/mol. The Morgan fingerprint density at radius 2 is 1.65 bits per heavy atom. The first-order chi connectivity index (χ1) is 16.3. The quantitative estimate of drug-likeness (QED) is 0.357. The predicted octanol–water partition coefficient (Wildman–Crippen LogP) is 3.53. The van der Waals surface area contributed by atoms with Crippen molar-refractivity contribution in [2.24, 2.45) is 0 Å². The summed E-state index contributed by atoms with van der Waals surface area (Å²) in [4.78, 5) is 25.9. The molecule has 0 atom stereocenters. The number of carbonyl (C=O) groups excluding carboxylic acids is 2. The van der Waals surface area contributed by atoms with Crippen molar-refractivity contribution in [2.45, 2.75) is 11.4 Å². The van der Waals surface area contributed by atoms with Gasteiger partial charge in [-0.2, -0.15) is 5.26 Å². The first kappa shape index (κ1) is 24.9. The van der Waals surface area contributed by atoms with Gasteiger partial charge in [0.05, 0.1) is 16.7 Å². The van der Waals surface area contributed by atoms with Crippen LogP contribution in [0.1, 0.15) is 15.9 Å². The summed E-state index contributed by atoms with van der Waals surface area (Å²) < 4.78 is 33.0. The molecule has 0 spiro atoms. The second-order valence-corrected chi connectivity index (χ2v) is 9.15. The lowest BCUT2D eigenvalue weighted by Crippen LogP contribution is -2.35. The van der Waals surface area contributed by atoms with Gasteiger partial charge in [-0.15, -0.1) is 0 Å². The van der Waals surface area contributed by atoms with Gasteiger partial charge < -0.3 is 4.74 Å². The number of hydrogen-bond acceptors (Lipinski definition) is 6. The number of carbonyl (C=O) groups is 2. The molecule has 0 saturated carbocycles. The molecule has 0 aliphatic carbocycles. The Balaban J connectivity index is 1.70. The lowest BCUT2D eigenvalue weighted by atomic mass is 10.2. The molecule has 10 heteroatoms. The van der Waals surface area contributed by atoms with Crippen molar-refractivity contribution in [1.82, 2.24) is 4.72 Å². The number of benzene rings is 3. The van der Waals surface area contributed by atoms with E-state index in [1.54, 1.807) is 54.6 Å². The number of esters is 1. The molecule has 174 valence electrons. The van der Waals surface area contributed by atoms with Crippen molar-refractivity contribution in [3.63, 3.8) is 0 Å². The smallest absolute Gasteiger partial charge is 0.338 e. The van der Waals surface area contributed by atoms with Crippen LogP contribution in [-0.2, 0) is 26.1 Å². The van der Waals surface area contributed by atoms with E-state index in [2.05, 4.69) is 4.72 Å². The average Bonchev–Trinajstić information content (AvgIpc) is 2.85. The van der Waals surface area contributed by atoms with Crippen LogP contribution in [0.3, 0.4) is 0 Å². The lowest BCUT2D eigenvalue weighted by molar-refractivity contribution is -0.121. The van der Waals surface area contributed by atoms with Crippen molar-refractivity contribution in [3.8, 4) is 6.07 Å². The van der Waals surface area contributed by atoms with Gasteiger partial charge in [-0.25, -0.2) is 17.9 Å². The fourth-order valence-electron chi connectivity index (χ4n) is 2.98. The molecule has 0 aromatic heterocycles. The third-order valence-corrected chi connectivity index (χ3v) is 6.57.